The molecule has 4 heteroatoms. The highest BCUT2D eigenvalue weighted by molar-refractivity contribution is 7.09. The van der Waals surface area contributed by atoms with Gasteiger partial charge in [-0.3, -0.25) is 9.88 Å². The Labute approximate surface area is 105 Å². The van der Waals surface area contributed by atoms with Gasteiger partial charge in [-0.05, 0) is 30.6 Å². The predicted octanol–water partition coefficient (Wildman–Crippen LogP) is 3.43. The van der Waals surface area contributed by atoms with Gasteiger partial charge in [-0.15, -0.1) is 11.3 Å². The summed E-state index contributed by atoms with van der Waals surface area (Å²) in [7, 11) is 2.09. The van der Waals surface area contributed by atoms with Gasteiger partial charge in [-0.25, -0.2) is 0 Å². The molecule has 0 N–H and O–H groups in total. The van der Waals surface area contributed by atoms with Crippen LogP contribution in [-0.4, -0.2) is 16.9 Å². The largest absolute Gasteiger partial charge is 0.295 e. The second kappa shape index (κ2) is 5.43. The zero-order valence-corrected chi connectivity index (χ0v) is 10.6. The SMILES string of the molecule is CN(Cc1cc(Cl)ccn1)Cc1cccs1. The van der Waals surface area contributed by atoms with Gasteiger partial charge in [0.2, 0.25) is 0 Å². The molecule has 0 fully saturated rings. The smallest absolute Gasteiger partial charge is 0.0558 e. The molecule has 2 nitrogen and oxygen atoms in total. The van der Waals surface area contributed by atoms with Crippen LogP contribution in [0.1, 0.15) is 10.6 Å². The zero-order valence-electron chi connectivity index (χ0n) is 9.06. The van der Waals surface area contributed by atoms with Crippen molar-refractivity contribution in [2.45, 2.75) is 13.1 Å². The summed E-state index contributed by atoms with van der Waals surface area (Å²) in [6.45, 7) is 1.77. The third kappa shape index (κ3) is 3.30. The van der Waals surface area contributed by atoms with Crippen LogP contribution in [0.15, 0.2) is 35.8 Å². The van der Waals surface area contributed by atoms with Crippen molar-refractivity contribution in [1.82, 2.24) is 9.88 Å². The molecule has 0 atom stereocenters. The first-order valence-electron chi connectivity index (χ1n) is 5.05. The molecular formula is C12H13ClN2S. The Bertz CT molecular complexity index is 442. The molecule has 84 valence electrons. The maximum Gasteiger partial charge on any atom is 0.0558 e. The van der Waals surface area contributed by atoms with E-state index in [9.17, 15) is 0 Å². The molecule has 0 aliphatic carbocycles. The van der Waals surface area contributed by atoms with E-state index in [1.165, 1.54) is 4.88 Å². The molecule has 2 aromatic rings. The Morgan fingerprint density at radius 1 is 1.38 bits per heavy atom. The molecule has 0 aliphatic heterocycles. The molecule has 0 aliphatic rings. The van der Waals surface area contributed by atoms with Crippen molar-refractivity contribution in [3.05, 3.63) is 51.4 Å². The van der Waals surface area contributed by atoms with E-state index in [2.05, 4.69) is 34.4 Å². The number of halogens is 1. The molecule has 0 aromatic carbocycles. The van der Waals surface area contributed by atoms with Crippen molar-refractivity contribution in [2.24, 2.45) is 0 Å². The van der Waals surface area contributed by atoms with Gasteiger partial charge in [0, 0.05) is 29.2 Å². The van der Waals surface area contributed by atoms with Crippen molar-refractivity contribution in [1.29, 1.82) is 0 Å². The molecule has 0 unspecified atom stereocenters. The Balaban J connectivity index is 1.94. The second-order valence-corrected chi connectivity index (χ2v) is 5.19. The van der Waals surface area contributed by atoms with Crippen LogP contribution in [0.2, 0.25) is 5.02 Å². The Morgan fingerprint density at radius 2 is 2.25 bits per heavy atom. The van der Waals surface area contributed by atoms with E-state index in [-0.39, 0.29) is 0 Å². The number of hydrogen-bond acceptors (Lipinski definition) is 3. The summed E-state index contributed by atoms with van der Waals surface area (Å²) >= 11 is 7.69. The maximum absolute atomic E-state index is 5.91. The van der Waals surface area contributed by atoms with Crippen LogP contribution in [0.5, 0.6) is 0 Å². The molecule has 0 bridgehead atoms. The van der Waals surface area contributed by atoms with Crippen LogP contribution in [0.3, 0.4) is 0 Å². The van der Waals surface area contributed by atoms with Gasteiger partial charge in [0.15, 0.2) is 0 Å². The van der Waals surface area contributed by atoms with Gasteiger partial charge < -0.3 is 0 Å². The lowest BCUT2D eigenvalue weighted by atomic mass is 10.3. The molecule has 2 rings (SSSR count). The lowest BCUT2D eigenvalue weighted by Gasteiger charge is -2.14. The monoisotopic (exact) mass is 252 g/mol. The minimum Gasteiger partial charge on any atom is -0.295 e. The minimum absolute atomic E-state index is 0.745. The summed E-state index contributed by atoms with van der Waals surface area (Å²) in [6, 6.07) is 7.93. The standard InChI is InChI=1S/C12H13ClN2S/c1-15(9-12-3-2-6-16-12)8-11-7-10(13)4-5-14-11/h2-7H,8-9H2,1H3. The first kappa shape index (κ1) is 11.6. The van der Waals surface area contributed by atoms with E-state index >= 15 is 0 Å². The van der Waals surface area contributed by atoms with Crippen LogP contribution in [0.25, 0.3) is 0 Å². The van der Waals surface area contributed by atoms with Crippen molar-refractivity contribution in [2.75, 3.05) is 7.05 Å². The zero-order chi connectivity index (χ0) is 11.4. The fourth-order valence-electron chi connectivity index (χ4n) is 1.54. The average Bonchev–Trinajstić information content (AvgIpc) is 2.70. The molecule has 0 spiro atoms. The van der Waals surface area contributed by atoms with Gasteiger partial charge in [0.05, 0.1) is 5.69 Å². The normalized spacial score (nSPS) is 10.9. The minimum atomic E-state index is 0.745. The Kier molecular flexibility index (Phi) is 3.93. The molecule has 0 saturated carbocycles. The van der Waals surface area contributed by atoms with Gasteiger partial charge in [0.1, 0.15) is 0 Å². The number of thiophene rings is 1. The van der Waals surface area contributed by atoms with Gasteiger partial charge in [-0.2, -0.15) is 0 Å². The Hall–Kier alpha value is -0.900. The summed E-state index contributed by atoms with van der Waals surface area (Å²) in [5.41, 5.74) is 1.01. The number of nitrogens with zero attached hydrogens (tertiary/aromatic N) is 2. The summed E-state index contributed by atoms with van der Waals surface area (Å²) in [4.78, 5) is 7.88. The molecule has 2 heterocycles. The van der Waals surface area contributed by atoms with Gasteiger partial charge in [-0.1, -0.05) is 17.7 Å². The molecule has 2 aromatic heterocycles. The number of pyridine rings is 1. The van der Waals surface area contributed by atoms with Gasteiger partial charge in [0.25, 0.3) is 0 Å². The molecule has 0 saturated heterocycles. The fraction of sp³-hybridized carbons (Fsp3) is 0.250. The summed E-state index contributed by atoms with van der Waals surface area (Å²) in [5.74, 6) is 0. The van der Waals surface area contributed by atoms with Crippen molar-refractivity contribution >= 4 is 22.9 Å². The quantitative estimate of drug-likeness (QED) is 0.829. The maximum atomic E-state index is 5.91. The lowest BCUT2D eigenvalue weighted by molar-refractivity contribution is 0.318. The van der Waals surface area contributed by atoms with Gasteiger partial charge >= 0.3 is 0 Å². The first-order chi connectivity index (χ1) is 7.74. The average molecular weight is 253 g/mol. The van der Waals surface area contributed by atoms with E-state index in [0.29, 0.717) is 0 Å². The van der Waals surface area contributed by atoms with E-state index in [4.69, 9.17) is 11.6 Å². The van der Waals surface area contributed by atoms with Crippen molar-refractivity contribution in [3.63, 3.8) is 0 Å². The van der Waals surface area contributed by atoms with E-state index in [1.807, 2.05) is 6.07 Å². The van der Waals surface area contributed by atoms with Crippen LogP contribution in [-0.2, 0) is 13.1 Å². The number of rotatable bonds is 4. The Morgan fingerprint density at radius 3 is 2.94 bits per heavy atom. The van der Waals surface area contributed by atoms with E-state index in [0.717, 1.165) is 23.8 Å². The molecule has 0 amide bonds. The topological polar surface area (TPSA) is 16.1 Å². The first-order valence-corrected chi connectivity index (χ1v) is 6.31. The van der Waals surface area contributed by atoms with Crippen LogP contribution in [0.4, 0.5) is 0 Å². The predicted molar refractivity (Wildman–Crippen MR) is 68.7 cm³/mol. The lowest BCUT2D eigenvalue weighted by Crippen LogP contribution is -2.17. The van der Waals surface area contributed by atoms with Crippen molar-refractivity contribution in [3.8, 4) is 0 Å². The third-order valence-corrected chi connectivity index (χ3v) is 3.31. The molecular weight excluding hydrogens is 240 g/mol. The van der Waals surface area contributed by atoms with E-state index in [1.54, 1.807) is 23.6 Å². The number of hydrogen-bond donors (Lipinski definition) is 0. The van der Waals surface area contributed by atoms with E-state index < -0.39 is 0 Å². The third-order valence-electron chi connectivity index (χ3n) is 2.22. The number of aromatic nitrogens is 1. The second-order valence-electron chi connectivity index (χ2n) is 3.72. The van der Waals surface area contributed by atoms with Crippen LogP contribution >= 0.6 is 22.9 Å². The summed E-state index contributed by atoms with van der Waals surface area (Å²) in [6.07, 6.45) is 1.75. The van der Waals surface area contributed by atoms with Crippen molar-refractivity contribution < 1.29 is 0 Å². The fourth-order valence-corrected chi connectivity index (χ4v) is 2.50. The van der Waals surface area contributed by atoms with Crippen LogP contribution < -0.4 is 0 Å². The molecule has 16 heavy (non-hydrogen) atoms. The molecule has 0 radical (unpaired) electrons. The highest BCUT2D eigenvalue weighted by Crippen LogP contribution is 2.13. The van der Waals surface area contributed by atoms with Crippen LogP contribution in [0, 0.1) is 0 Å². The summed E-state index contributed by atoms with van der Waals surface area (Å²) in [5, 5.41) is 2.84. The highest BCUT2D eigenvalue weighted by atomic mass is 35.5. The summed E-state index contributed by atoms with van der Waals surface area (Å²) < 4.78 is 0. The highest BCUT2D eigenvalue weighted by Gasteiger charge is 2.03.